The Labute approximate surface area is 64.5 Å². The maximum atomic E-state index is 9.06. The van der Waals surface area contributed by atoms with Gasteiger partial charge in [0, 0.05) is 0 Å². The lowest BCUT2D eigenvalue weighted by atomic mass is 9.92. The highest BCUT2D eigenvalue weighted by Gasteiger charge is 2.28. The van der Waals surface area contributed by atoms with Gasteiger partial charge in [-0.2, -0.15) is 0 Å². The van der Waals surface area contributed by atoms with Gasteiger partial charge in [0.15, 0.2) is 0 Å². The summed E-state index contributed by atoms with van der Waals surface area (Å²) >= 11 is 0. The standard InChI is InChI=1S/C7H14O.C2H6/c1-7(2)4-3-6(8)5-7;1-2/h6,8H,3-5H2,1-2H3;1-2H3. The number of hydrogen-bond acceptors (Lipinski definition) is 1. The van der Waals surface area contributed by atoms with Crippen molar-refractivity contribution in [3.63, 3.8) is 0 Å². The molecule has 10 heavy (non-hydrogen) atoms. The maximum Gasteiger partial charge on any atom is 0.0545 e. The molecule has 1 heteroatoms. The molecule has 0 heterocycles. The van der Waals surface area contributed by atoms with Crippen LogP contribution in [0.2, 0.25) is 0 Å². The Hall–Kier alpha value is -0.0400. The van der Waals surface area contributed by atoms with Crippen LogP contribution in [-0.2, 0) is 0 Å². The molecule has 1 atom stereocenters. The van der Waals surface area contributed by atoms with E-state index in [2.05, 4.69) is 13.8 Å². The van der Waals surface area contributed by atoms with Gasteiger partial charge in [0.1, 0.15) is 0 Å². The summed E-state index contributed by atoms with van der Waals surface area (Å²) < 4.78 is 0. The first-order chi connectivity index (χ1) is 4.60. The third-order valence-corrected chi connectivity index (χ3v) is 1.94. The van der Waals surface area contributed by atoms with Crippen molar-refractivity contribution in [3.8, 4) is 0 Å². The fraction of sp³-hybridized carbons (Fsp3) is 1.00. The highest BCUT2D eigenvalue weighted by atomic mass is 16.3. The minimum Gasteiger partial charge on any atom is -0.393 e. The normalized spacial score (nSPS) is 29.1. The van der Waals surface area contributed by atoms with E-state index in [1.165, 1.54) is 6.42 Å². The van der Waals surface area contributed by atoms with E-state index in [1.807, 2.05) is 13.8 Å². The van der Waals surface area contributed by atoms with E-state index >= 15 is 0 Å². The van der Waals surface area contributed by atoms with Gasteiger partial charge in [-0.05, 0) is 24.7 Å². The van der Waals surface area contributed by atoms with E-state index in [0.29, 0.717) is 5.41 Å². The van der Waals surface area contributed by atoms with E-state index in [4.69, 9.17) is 5.11 Å². The second kappa shape index (κ2) is 3.97. The van der Waals surface area contributed by atoms with E-state index in [0.717, 1.165) is 12.8 Å². The molecule has 1 unspecified atom stereocenters. The lowest BCUT2D eigenvalue weighted by Crippen LogP contribution is -2.06. The summed E-state index contributed by atoms with van der Waals surface area (Å²) in [6.45, 7) is 8.42. The second-order valence-electron chi connectivity index (χ2n) is 3.56. The summed E-state index contributed by atoms with van der Waals surface area (Å²) in [5.41, 5.74) is 0.416. The Balaban J connectivity index is 0.000000371. The Bertz CT molecular complexity index is 86.7. The third kappa shape index (κ3) is 3.21. The van der Waals surface area contributed by atoms with Crippen LogP contribution in [0.3, 0.4) is 0 Å². The molecule has 0 aliphatic heterocycles. The molecule has 0 amide bonds. The monoisotopic (exact) mass is 144 g/mol. The molecule has 0 radical (unpaired) electrons. The predicted molar refractivity (Wildman–Crippen MR) is 45.0 cm³/mol. The molecule has 0 aromatic rings. The predicted octanol–water partition coefficient (Wildman–Crippen LogP) is 2.58. The van der Waals surface area contributed by atoms with E-state index < -0.39 is 0 Å². The van der Waals surface area contributed by atoms with Gasteiger partial charge in [-0.3, -0.25) is 0 Å². The molecule has 0 saturated heterocycles. The average Bonchev–Trinajstić information content (AvgIpc) is 2.15. The van der Waals surface area contributed by atoms with Gasteiger partial charge in [-0.1, -0.05) is 27.7 Å². The van der Waals surface area contributed by atoms with Crippen molar-refractivity contribution >= 4 is 0 Å². The quantitative estimate of drug-likeness (QED) is 0.554. The Morgan fingerprint density at radius 2 is 1.80 bits per heavy atom. The molecule has 1 aliphatic rings. The molecule has 1 saturated carbocycles. The van der Waals surface area contributed by atoms with Crippen LogP contribution in [-0.4, -0.2) is 11.2 Å². The molecule has 0 spiro atoms. The van der Waals surface area contributed by atoms with Crippen LogP contribution < -0.4 is 0 Å². The minimum absolute atomic E-state index is 0.00926. The van der Waals surface area contributed by atoms with Gasteiger partial charge in [0.2, 0.25) is 0 Å². The molecule has 1 fully saturated rings. The maximum absolute atomic E-state index is 9.06. The molecule has 0 aromatic carbocycles. The first-order valence-electron chi connectivity index (χ1n) is 4.28. The number of hydrogen-bond donors (Lipinski definition) is 1. The van der Waals surface area contributed by atoms with E-state index in [-0.39, 0.29) is 6.10 Å². The fourth-order valence-corrected chi connectivity index (χ4v) is 1.40. The van der Waals surface area contributed by atoms with Crippen LogP contribution in [0.4, 0.5) is 0 Å². The lowest BCUT2D eigenvalue weighted by molar-refractivity contribution is 0.168. The Kier molecular flexibility index (Phi) is 3.95. The van der Waals surface area contributed by atoms with E-state index in [9.17, 15) is 0 Å². The van der Waals surface area contributed by atoms with E-state index in [1.54, 1.807) is 0 Å². The zero-order valence-corrected chi connectivity index (χ0v) is 7.65. The molecule has 0 aromatic heterocycles. The van der Waals surface area contributed by atoms with Gasteiger partial charge in [-0.25, -0.2) is 0 Å². The van der Waals surface area contributed by atoms with Crippen LogP contribution in [0.1, 0.15) is 47.0 Å². The highest BCUT2D eigenvalue weighted by Crippen LogP contribution is 2.36. The van der Waals surface area contributed by atoms with Crippen LogP contribution in [0.15, 0.2) is 0 Å². The smallest absolute Gasteiger partial charge is 0.0545 e. The molecule has 62 valence electrons. The highest BCUT2D eigenvalue weighted by molar-refractivity contribution is 4.81. The van der Waals surface area contributed by atoms with Crippen molar-refractivity contribution in [2.24, 2.45) is 5.41 Å². The Morgan fingerprint density at radius 3 is 1.90 bits per heavy atom. The first kappa shape index (κ1) is 9.96. The van der Waals surface area contributed by atoms with Crippen molar-refractivity contribution < 1.29 is 5.11 Å². The summed E-state index contributed by atoms with van der Waals surface area (Å²) in [5, 5.41) is 9.06. The summed E-state index contributed by atoms with van der Waals surface area (Å²) in [4.78, 5) is 0. The number of aliphatic hydroxyl groups is 1. The van der Waals surface area contributed by atoms with Crippen LogP contribution in [0.25, 0.3) is 0 Å². The average molecular weight is 144 g/mol. The van der Waals surface area contributed by atoms with Crippen molar-refractivity contribution in [2.45, 2.75) is 53.1 Å². The largest absolute Gasteiger partial charge is 0.393 e. The van der Waals surface area contributed by atoms with Crippen LogP contribution in [0, 0.1) is 5.41 Å². The fourth-order valence-electron chi connectivity index (χ4n) is 1.40. The van der Waals surface area contributed by atoms with Crippen molar-refractivity contribution in [2.75, 3.05) is 0 Å². The molecule has 1 N–H and O–H groups in total. The van der Waals surface area contributed by atoms with Crippen LogP contribution >= 0.6 is 0 Å². The second-order valence-corrected chi connectivity index (χ2v) is 3.56. The summed E-state index contributed by atoms with van der Waals surface area (Å²) in [6, 6.07) is 0. The number of aliphatic hydroxyl groups excluding tert-OH is 1. The molecule has 1 aliphatic carbocycles. The van der Waals surface area contributed by atoms with Crippen molar-refractivity contribution in [3.05, 3.63) is 0 Å². The van der Waals surface area contributed by atoms with Gasteiger partial charge < -0.3 is 5.11 Å². The SMILES string of the molecule is CC.CC1(C)CCC(O)C1. The van der Waals surface area contributed by atoms with Crippen molar-refractivity contribution in [1.29, 1.82) is 0 Å². The zero-order chi connectivity index (χ0) is 8.20. The summed E-state index contributed by atoms with van der Waals surface area (Å²) in [7, 11) is 0. The molecular formula is C9H20O. The van der Waals surface area contributed by atoms with Gasteiger partial charge >= 0.3 is 0 Å². The zero-order valence-electron chi connectivity index (χ0n) is 7.65. The third-order valence-electron chi connectivity index (χ3n) is 1.94. The minimum atomic E-state index is -0.00926. The lowest BCUT2D eigenvalue weighted by Gasteiger charge is -2.14. The molecule has 0 bridgehead atoms. The van der Waals surface area contributed by atoms with Gasteiger partial charge in [-0.15, -0.1) is 0 Å². The van der Waals surface area contributed by atoms with Gasteiger partial charge in [0.05, 0.1) is 6.10 Å². The number of rotatable bonds is 0. The molecule has 1 rings (SSSR count). The van der Waals surface area contributed by atoms with Crippen LogP contribution in [0.5, 0.6) is 0 Å². The first-order valence-corrected chi connectivity index (χ1v) is 4.28. The Morgan fingerprint density at radius 1 is 1.30 bits per heavy atom. The molecule has 1 nitrogen and oxygen atoms in total. The topological polar surface area (TPSA) is 20.2 Å². The van der Waals surface area contributed by atoms with Gasteiger partial charge in [0.25, 0.3) is 0 Å². The summed E-state index contributed by atoms with van der Waals surface area (Å²) in [5.74, 6) is 0. The van der Waals surface area contributed by atoms with Crippen molar-refractivity contribution in [1.82, 2.24) is 0 Å². The molecular weight excluding hydrogens is 124 g/mol. The summed E-state index contributed by atoms with van der Waals surface area (Å²) in [6.07, 6.45) is 3.18.